The molecule has 0 fully saturated rings. The molecule has 1 N–H and O–H groups in total. The van der Waals surface area contributed by atoms with E-state index in [4.69, 9.17) is 0 Å². The monoisotopic (exact) mass is 384 g/mol. The zero-order chi connectivity index (χ0) is 19.3. The number of aromatic nitrogens is 1. The molecule has 0 bridgehead atoms. The number of carbonyl (C=O) groups excluding carboxylic acids is 1. The Balaban J connectivity index is 1.52. The molecule has 2 aromatic carbocycles. The summed E-state index contributed by atoms with van der Waals surface area (Å²) in [7, 11) is 0. The van der Waals surface area contributed by atoms with E-state index in [1.807, 2.05) is 42.6 Å². The van der Waals surface area contributed by atoms with Crippen LogP contribution in [0.2, 0.25) is 0 Å². The fraction of sp³-hybridized carbons (Fsp3) is 0.0833. The summed E-state index contributed by atoms with van der Waals surface area (Å²) in [5, 5.41) is 3.43. The molecule has 138 valence electrons. The Bertz CT molecular complexity index is 1090. The Hall–Kier alpha value is -3.24. The van der Waals surface area contributed by atoms with Crippen LogP contribution in [0.5, 0.6) is 0 Å². The van der Waals surface area contributed by atoms with Crippen LogP contribution in [0.1, 0.15) is 27.7 Å². The summed E-state index contributed by atoms with van der Waals surface area (Å²) in [4.78, 5) is 17.9. The van der Waals surface area contributed by atoms with Gasteiger partial charge >= 0.3 is 0 Å². The van der Waals surface area contributed by atoms with Crippen molar-refractivity contribution in [3.05, 3.63) is 101 Å². The lowest BCUT2D eigenvalue weighted by molar-refractivity contribution is 0.102. The van der Waals surface area contributed by atoms with E-state index in [-0.39, 0.29) is 5.78 Å². The second kappa shape index (κ2) is 8.19. The van der Waals surface area contributed by atoms with Gasteiger partial charge in [-0.05, 0) is 54.8 Å². The van der Waals surface area contributed by atoms with Gasteiger partial charge in [0.05, 0.1) is 4.88 Å². The number of anilines is 2. The third-order valence-electron chi connectivity index (χ3n) is 4.52. The highest BCUT2D eigenvalue weighted by Gasteiger charge is 2.08. The lowest BCUT2D eigenvalue weighted by Crippen LogP contribution is -1.98. The summed E-state index contributed by atoms with van der Waals surface area (Å²) >= 11 is 1.50. The normalized spacial score (nSPS) is 10.6. The number of ketones is 1. The maximum atomic E-state index is 11.5. The minimum atomic E-state index is 0.0949. The number of nitrogens with one attached hydrogen (secondary N) is 1. The summed E-state index contributed by atoms with van der Waals surface area (Å²) in [6, 6.07) is 26.6. The molecule has 0 aliphatic rings. The second-order valence-corrected chi connectivity index (χ2v) is 7.68. The third-order valence-corrected chi connectivity index (χ3v) is 5.75. The standard InChI is InChI=1S/C24H20N2OS/c1-17(27)22-12-13-23(28-22)20-11-14-24(25-16-20)26-21-10-6-5-9-19(21)15-18-7-3-2-4-8-18/h2-14,16H,15H2,1H3,(H,25,26). The largest absolute Gasteiger partial charge is 0.340 e. The number of hydrogen-bond donors (Lipinski definition) is 1. The van der Waals surface area contributed by atoms with Crippen molar-refractivity contribution in [2.24, 2.45) is 0 Å². The van der Waals surface area contributed by atoms with Gasteiger partial charge in [0.1, 0.15) is 5.82 Å². The molecule has 0 saturated carbocycles. The molecule has 0 atom stereocenters. The Labute approximate surface area is 168 Å². The van der Waals surface area contributed by atoms with Crippen LogP contribution < -0.4 is 5.32 Å². The zero-order valence-electron chi connectivity index (χ0n) is 15.6. The van der Waals surface area contributed by atoms with E-state index >= 15 is 0 Å². The topological polar surface area (TPSA) is 42.0 Å². The van der Waals surface area contributed by atoms with Gasteiger partial charge < -0.3 is 5.32 Å². The van der Waals surface area contributed by atoms with E-state index < -0.39 is 0 Å². The molecule has 0 aliphatic carbocycles. The van der Waals surface area contributed by atoms with Gasteiger partial charge in [0, 0.05) is 22.3 Å². The number of thiophene rings is 1. The molecule has 2 heterocycles. The Kier molecular flexibility index (Phi) is 5.31. The highest BCUT2D eigenvalue weighted by atomic mass is 32.1. The SMILES string of the molecule is CC(=O)c1ccc(-c2ccc(Nc3ccccc3Cc3ccccc3)nc2)s1. The van der Waals surface area contributed by atoms with Crippen LogP contribution in [0.25, 0.3) is 10.4 Å². The van der Waals surface area contributed by atoms with Crippen LogP contribution in [0.15, 0.2) is 85.1 Å². The number of rotatable bonds is 6. The maximum absolute atomic E-state index is 11.5. The van der Waals surface area contributed by atoms with Gasteiger partial charge in [-0.1, -0.05) is 48.5 Å². The lowest BCUT2D eigenvalue weighted by Gasteiger charge is -2.12. The van der Waals surface area contributed by atoms with Crippen molar-refractivity contribution in [2.75, 3.05) is 5.32 Å². The Morgan fingerprint density at radius 1 is 0.929 bits per heavy atom. The predicted molar refractivity (Wildman–Crippen MR) is 117 cm³/mol. The average Bonchev–Trinajstić information content (AvgIpc) is 3.22. The number of nitrogens with zero attached hydrogens (tertiary/aromatic N) is 1. The van der Waals surface area contributed by atoms with E-state index in [1.54, 1.807) is 6.92 Å². The van der Waals surface area contributed by atoms with Crippen LogP contribution in [-0.2, 0) is 6.42 Å². The second-order valence-electron chi connectivity index (χ2n) is 6.60. The highest BCUT2D eigenvalue weighted by Crippen LogP contribution is 2.29. The lowest BCUT2D eigenvalue weighted by atomic mass is 10.0. The summed E-state index contributed by atoms with van der Waals surface area (Å²) in [6.07, 6.45) is 2.71. The molecule has 0 spiro atoms. The summed E-state index contributed by atoms with van der Waals surface area (Å²) in [6.45, 7) is 1.59. The number of hydrogen-bond acceptors (Lipinski definition) is 4. The molecule has 2 aromatic heterocycles. The van der Waals surface area contributed by atoms with Crippen molar-refractivity contribution in [3.63, 3.8) is 0 Å². The van der Waals surface area contributed by atoms with E-state index in [0.717, 1.165) is 33.2 Å². The van der Waals surface area contributed by atoms with E-state index in [0.29, 0.717) is 0 Å². The zero-order valence-corrected chi connectivity index (χ0v) is 16.4. The van der Waals surface area contributed by atoms with Gasteiger partial charge in [-0.25, -0.2) is 4.98 Å². The minimum Gasteiger partial charge on any atom is -0.340 e. The highest BCUT2D eigenvalue weighted by molar-refractivity contribution is 7.17. The van der Waals surface area contributed by atoms with Crippen LogP contribution in [-0.4, -0.2) is 10.8 Å². The first-order valence-electron chi connectivity index (χ1n) is 9.15. The number of Topliss-reactive ketones (excluding diaryl/α,β-unsaturated/α-hetero) is 1. The third kappa shape index (κ3) is 4.18. The Morgan fingerprint density at radius 3 is 2.43 bits per heavy atom. The fourth-order valence-corrected chi connectivity index (χ4v) is 3.94. The van der Waals surface area contributed by atoms with E-state index in [9.17, 15) is 4.79 Å². The van der Waals surface area contributed by atoms with Gasteiger partial charge in [-0.15, -0.1) is 11.3 Å². The number of carbonyl (C=O) groups is 1. The number of pyridine rings is 1. The quantitative estimate of drug-likeness (QED) is 0.394. The first-order valence-corrected chi connectivity index (χ1v) is 9.97. The minimum absolute atomic E-state index is 0.0949. The molecule has 0 amide bonds. The van der Waals surface area contributed by atoms with Crippen LogP contribution >= 0.6 is 11.3 Å². The van der Waals surface area contributed by atoms with Crippen molar-refractivity contribution in [1.29, 1.82) is 0 Å². The molecule has 4 aromatic rings. The van der Waals surface area contributed by atoms with Crippen LogP contribution in [0, 0.1) is 0 Å². The molecular formula is C24H20N2OS. The van der Waals surface area contributed by atoms with Crippen molar-refractivity contribution < 1.29 is 4.79 Å². The average molecular weight is 385 g/mol. The molecule has 0 unspecified atom stereocenters. The van der Waals surface area contributed by atoms with Crippen molar-refractivity contribution >= 4 is 28.6 Å². The number of benzene rings is 2. The molecule has 4 rings (SSSR count). The van der Waals surface area contributed by atoms with Gasteiger partial charge in [-0.3, -0.25) is 4.79 Å². The molecule has 0 saturated heterocycles. The van der Waals surface area contributed by atoms with Crippen molar-refractivity contribution in [1.82, 2.24) is 4.98 Å². The van der Waals surface area contributed by atoms with E-state index in [2.05, 4.69) is 52.8 Å². The number of para-hydroxylation sites is 1. The summed E-state index contributed by atoms with van der Waals surface area (Å²) in [5.41, 5.74) is 4.57. The van der Waals surface area contributed by atoms with Crippen LogP contribution in [0.4, 0.5) is 11.5 Å². The van der Waals surface area contributed by atoms with Gasteiger partial charge in [0.25, 0.3) is 0 Å². The fourth-order valence-electron chi connectivity index (χ4n) is 3.05. The smallest absolute Gasteiger partial charge is 0.169 e. The van der Waals surface area contributed by atoms with Gasteiger partial charge in [-0.2, -0.15) is 0 Å². The van der Waals surface area contributed by atoms with Gasteiger partial charge in [0.2, 0.25) is 0 Å². The summed E-state index contributed by atoms with van der Waals surface area (Å²) < 4.78 is 0. The molecule has 4 heteroatoms. The maximum Gasteiger partial charge on any atom is 0.169 e. The summed E-state index contributed by atoms with van der Waals surface area (Å²) in [5.74, 6) is 0.894. The molecular weight excluding hydrogens is 364 g/mol. The Morgan fingerprint density at radius 2 is 1.71 bits per heavy atom. The molecule has 3 nitrogen and oxygen atoms in total. The molecule has 28 heavy (non-hydrogen) atoms. The molecule has 0 radical (unpaired) electrons. The van der Waals surface area contributed by atoms with Gasteiger partial charge in [0.15, 0.2) is 5.78 Å². The van der Waals surface area contributed by atoms with Crippen molar-refractivity contribution in [2.45, 2.75) is 13.3 Å². The first kappa shape index (κ1) is 18.1. The van der Waals surface area contributed by atoms with Crippen molar-refractivity contribution in [3.8, 4) is 10.4 Å². The predicted octanol–water partition coefficient (Wildman–Crippen LogP) is 6.35. The first-order chi connectivity index (χ1) is 13.7. The molecule has 0 aliphatic heterocycles. The van der Waals surface area contributed by atoms with Crippen LogP contribution in [0.3, 0.4) is 0 Å². The van der Waals surface area contributed by atoms with E-state index in [1.165, 1.54) is 22.5 Å².